The fourth-order valence-electron chi connectivity index (χ4n) is 2.16. The van der Waals surface area contributed by atoms with E-state index in [1.165, 1.54) is 0 Å². The normalized spacial score (nSPS) is 10.5. The molecule has 0 aliphatic heterocycles. The van der Waals surface area contributed by atoms with Gasteiger partial charge in [0.2, 0.25) is 5.88 Å². The number of nitrogens with zero attached hydrogens (tertiary/aromatic N) is 3. The quantitative estimate of drug-likeness (QED) is 0.622. The summed E-state index contributed by atoms with van der Waals surface area (Å²) in [6.07, 6.45) is 1.59. The number of aromatic nitrogens is 3. The van der Waals surface area contributed by atoms with Crippen LogP contribution in [0.3, 0.4) is 0 Å². The van der Waals surface area contributed by atoms with Gasteiger partial charge in [0.05, 0.1) is 11.4 Å². The van der Waals surface area contributed by atoms with Crippen molar-refractivity contribution in [3.8, 4) is 23.1 Å². The molecule has 3 rings (SSSR count). The summed E-state index contributed by atoms with van der Waals surface area (Å²) in [6.45, 7) is 5.70. The van der Waals surface area contributed by atoms with Crippen LogP contribution in [0.1, 0.15) is 17.1 Å². The van der Waals surface area contributed by atoms with Crippen LogP contribution in [0.2, 0.25) is 5.15 Å². The van der Waals surface area contributed by atoms with Gasteiger partial charge in [-0.25, -0.2) is 9.97 Å². The van der Waals surface area contributed by atoms with Gasteiger partial charge >= 0.3 is 0 Å². The third-order valence-corrected chi connectivity index (χ3v) is 3.54. The van der Waals surface area contributed by atoms with E-state index in [0.29, 0.717) is 34.0 Å². The highest BCUT2D eigenvalue weighted by atomic mass is 35.5. The van der Waals surface area contributed by atoms with E-state index in [1.54, 1.807) is 24.4 Å². The van der Waals surface area contributed by atoms with Crippen LogP contribution in [0.25, 0.3) is 0 Å². The standard InChI is InChI=1S/C18H16ClN3O2/c1-11-4-5-16(12(2)21-11)24-18-7-6-15(13(3)22-18)23-14-8-9-20-17(19)10-14/h4-10H,1-3H3. The molecule has 0 aromatic carbocycles. The molecule has 0 radical (unpaired) electrons. The molecule has 0 spiro atoms. The summed E-state index contributed by atoms with van der Waals surface area (Å²) in [5, 5.41) is 0.375. The van der Waals surface area contributed by atoms with Gasteiger partial charge in [-0.15, -0.1) is 0 Å². The van der Waals surface area contributed by atoms with E-state index in [0.717, 1.165) is 11.4 Å². The molecule has 3 aromatic rings. The van der Waals surface area contributed by atoms with E-state index < -0.39 is 0 Å². The van der Waals surface area contributed by atoms with E-state index in [2.05, 4.69) is 15.0 Å². The molecule has 3 aromatic heterocycles. The van der Waals surface area contributed by atoms with Crippen LogP contribution in [-0.2, 0) is 0 Å². The summed E-state index contributed by atoms with van der Waals surface area (Å²) < 4.78 is 11.6. The molecule has 0 aliphatic rings. The smallest absolute Gasteiger partial charge is 0.219 e. The molecule has 0 saturated heterocycles. The fourth-order valence-corrected chi connectivity index (χ4v) is 2.32. The summed E-state index contributed by atoms with van der Waals surface area (Å²) in [5.41, 5.74) is 2.48. The fraction of sp³-hybridized carbons (Fsp3) is 0.167. The Morgan fingerprint density at radius 2 is 1.54 bits per heavy atom. The first-order valence-electron chi connectivity index (χ1n) is 7.40. The first-order chi connectivity index (χ1) is 11.5. The largest absolute Gasteiger partial charge is 0.455 e. The number of aryl methyl sites for hydroxylation is 3. The lowest BCUT2D eigenvalue weighted by molar-refractivity contribution is 0.442. The Kier molecular flexibility index (Phi) is 4.62. The van der Waals surface area contributed by atoms with Crippen molar-refractivity contribution in [1.29, 1.82) is 0 Å². The molecule has 0 unspecified atom stereocenters. The first kappa shape index (κ1) is 16.2. The zero-order valence-electron chi connectivity index (χ0n) is 13.6. The minimum atomic E-state index is 0.375. The lowest BCUT2D eigenvalue weighted by Crippen LogP contribution is -1.96. The molecular formula is C18H16ClN3O2. The Morgan fingerprint density at radius 1 is 0.833 bits per heavy atom. The van der Waals surface area contributed by atoms with E-state index >= 15 is 0 Å². The zero-order valence-corrected chi connectivity index (χ0v) is 14.3. The van der Waals surface area contributed by atoms with E-state index in [-0.39, 0.29) is 0 Å². The van der Waals surface area contributed by atoms with Crippen molar-refractivity contribution in [1.82, 2.24) is 15.0 Å². The predicted molar refractivity (Wildman–Crippen MR) is 92.1 cm³/mol. The Morgan fingerprint density at radius 3 is 2.25 bits per heavy atom. The highest BCUT2D eigenvalue weighted by Crippen LogP contribution is 2.29. The van der Waals surface area contributed by atoms with Gasteiger partial charge in [0, 0.05) is 24.0 Å². The lowest BCUT2D eigenvalue weighted by Gasteiger charge is -2.11. The van der Waals surface area contributed by atoms with E-state index in [4.69, 9.17) is 21.1 Å². The average molecular weight is 342 g/mol. The Balaban J connectivity index is 1.79. The molecule has 122 valence electrons. The van der Waals surface area contributed by atoms with E-state index in [9.17, 15) is 0 Å². The van der Waals surface area contributed by atoms with Gasteiger partial charge in [-0.1, -0.05) is 11.6 Å². The monoisotopic (exact) mass is 341 g/mol. The van der Waals surface area contributed by atoms with Crippen molar-refractivity contribution in [2.75, 3.05) is 0 Å². The summed E-state index contributed by atoms with van der Waals surface area (Å²) in [7, 11) is 0. The van der Waals surface area contributed by atoms with Crippen molar-refractivity contribution in [3.05, 3.63) is 64.8 Å². The molecule has 3 heterocycles. The molecular weight excluding hydrogens is 326 g/mol. The van der Waals surface area contributed by atoms with Gasteiger partial charge in [-0.05, 0) is 45.0 Å². The van der Waals surface area contributed by atoms with Crippen LogP contribution in [0, 0.1) is 20.8 Å². The van der Waals surface area contributed by atoms with Crippen LogP contribution in [0.15, 0.2) is 42.6 Å². The molecule has 0 bridgehead atoms. The number of hydrogen-bond acceptors (Lipinski definition) is 5. The van der Waals surface area contributed by atoms with Gasteiger partial charge < -0.3 is 9.47 Å². The van der Waals surface area contributed by atoms with Crippen molar-refractivity contribution >= 4 is 11.6 Å². The second-order valence-electron chi connectivity index (χ2n) is 5.29. The molecule has 0 amide bonds. The highest BCUT2D eigenvalue weighted by Gasteiger charge is 2.08. The minimum absolute atomic E-state index is 0.375. The molecule has 5 nitrogen and oxygen atoms in total. The summed E-state index contributed by atoms with van der Waals surface area (Å²) in [6, 6.07) is 10.7. The van der Waals surface area contributed by atoms with E-state index in [1.807, 2.05) is 39.0 Å². The van der Waals surface area contributed by atoms with Crippen LogP contribution >= 0.6 is 11.6 Å². The third-order valence-electron chi connectivity index (χ3n) is 3.33. The summed E-state index contributed by atoms with van der Waals surface area (Å²) >= 11 is 5.86. The molecule has 24 heavy (non-hydrogen) atoms. The maximum atomic E-state index is 5.86. The first-order valence-corrected chi connectivity index (χ1v) is 7.78. The van der Waals surface area contributed by atoms with Gasteiger partial charge in [-0.3, -0.25) is 4.98 Å². The Labute approximate surface area is 145 Å². The number of pyridine rings is 3. The Bertz CT molecular complexity index is 884. The number of halogens is 1. The number of ether oxygens (including phenoxy) is 2. The average Bonchev–Trinajstić information content (AvgIpc) is 2.53. The van der Waals surface area contributed by atoms with Gasteiger partial charge in [0.15, 0.2) is 5.75 Å². The second-order valence-corrected chi connectivity index (χ2v) is 5.67. The van der Waals surface area contributed by atoms with Gasteiger partial charge in [0.25, 0.3) is 0 Å². The van der Waals surface area contributed by atoms with Crippen molar-refractivity contribution in [2.45, 2.75) is 20.8 Å². The molecule has 6 heteroatoms. The molecule has 0 aliphatic carbocycles. The molecule has 0 saturated carbocycles. The van der Waals surface area contributed by atoms with Crippen molar-refractivity contribution < 1.29 is 9.47 Å². The van der Waals surface area contributed by atoms with Crippen molar-refractivity contribution in [2.24, 2.45) is 0 Å². The number of hydrogen-bond donors (Lipinski definition) is 0. The predicted octanol–water partition coefficient (Wildman–Crippen LogP) is 5.03. The molecule has 0 atom stereocenters. The SMILES string of the molecule is Cc1ccc(Oc2ccc(Oc3ccnc(Cl)c3)c(C)n2)c(C)n1. The summed E-state index contributed by atoms with van der Waals surface area (Å²) in [4.78, 5) is 12.7. The third kappa shape index (κ3) is 3.81. The maximum Gasteiger partial charge on any atom is 0.219 e. The van der Waals surface area contributed by atoms with Crippen LogP contribution in [0.5, 0.6) is 23.1 Å². The minimum Gasteiger partial charge on any atom is -0.455 e. The maximum absolute atomic E-state index is 5.86. The topological polar surface area (TPSA) is 57.1 Å². The zero-order chi connectivity index (χ0) is 17.1. The number of rotatable bonds is 4. The molecule has 0 N–H and O–H groups in total. The highest BCUT2D eigenvalue weighted by molar-refractivity contribution is 6.29. The van der Waals surface area contributed by atoms with Crippen LogP contribution < -0.4 is 9.47 Å². The summed E-state index contributed by atoms with van der Waals surface area (Å²) in [5.74, 6) is 2.40. The lowest BCUT2D eigenvalue weighted by atomic mass is 10.3. The van der Waals surface area contributed by atoms with Crippen molar-refractivity contribution in [3.63, 3.8) is 0 Å². The van der Waals surface area contributed by atoms with Crippen LogP contribution in [-0.4, -0.2) is 15.0 Å². The Hall–Kier alpha value is -2.66. The van der Waals surface area contributed by atoms with Gasteiger partial charge in [0.1, 0.15) is 16.7 Å². The second kappa shape index (κ2) is 6.84. The molecule has 0 fully saturated rings. The van der Waals surface area contributed by atoms with Gasteiger partial charge in [-0.2, -0.15) is 0 Å². The van der Waals surface area contributed by atoms with Crippen LogP contribution in [0.4, 0.5) is 0 Å².